The van der Waals surface area contributed by atoms with Crippen LogP contribution in [0, 0.1) is 6.92 Å². The second-order valence-corrected chi connectivity index (χ2v) is 6.07. The second-order valence-electron chi connectivity index (χ2n) is 4.06. The number of aryl methyl sites for hydroxylation is 1. The fourth-order valence-electron chi connectivity index (χ4n) is 1.55. The molecule has 0 unspecified atom stereocenters. The first-order valence-electron chi connectivity index (χ1n) is 5.82. The molecule has 0 spiro atoms. The molecule has 7 heteroatoms. The van der Waals surface area contributed by atoms with Gasteiger partial charge in [0.05, 0.1) is 17.7 Å². The van der Waals surface area contributed by atoms with E-state index in [0.29, 0.717) is 0 Å². The van der Waals surface area contributed by atoms with Crippen LogP contribution in [0.25, 0.3) is 0 Å². The van der Waals surface area contributed by atoms with Gasteiger partial charge < -0.3 is 5.32 Å². The van der Waals surface area contributed by atoms with Crippen LogP contribution in [0.3, 0.4) is 0 Å². The molecule has 0 aliphatic heterocycles. The third kappa shape index (κ3) is 3.47. The van der Waals surface area contributed by atoms with Gasteiger partial charge in [-0.2, -0.15) is 0 Å². The third-order valence-corrected chi connectivity index (χ3v) is 4.24. The molecule has 0 aliphatic rings. The molecule has 0 saturated heterocycles. The summed E-state index contributed by atoms with van der Waals surface area (Å²) >= 11 is 3.32. The van der Waals surface area contributed by atoms with Crippen LogP contribution in [0.5, 0.6) is 0 Å². The molecular formula is C11H17N5S2. The van der Waals surface area contributed by atoms with E-state index >= 15 is 0 Å². The maximum absolute atomic E-state index is 4.26. The Morgan fingerprint density at radius 1 is 1.33 bits per heavy atom. The minimum Gasteiger partial charge on any atom is -0.360 e. The van der Waals surface area contributed by atoms with Gasteiger partial charge in [-0.3, -0.25) is 4.90 Å². The van der Waals surface area contributed by atoms with Crippen LogP contribution >= 0.6 is 22.7 Å². The normalized spacial score (nSPS) is 11.1. The molecule has 0 radical (unpaired) electrons. The average molecular weight is 283 g/mol. The molecule has 0 aromatic carbocycles. The number of aromatic nitrogens is 3. The molecular weight excluding hydrogens is 266 g/mol. The zero-order chi connectivity index (χ0) is 13.0. The summed E-state index contributed by atoms with van der Waals surface area (Å²) in [6.45, 7) is 6.71. The minimum atomic E-state index is 0.820. The number of thiazole rings is 1. The molecule has 0 amide bonds. The molecule has 2 aromatic heterocycles. The highest BCUT2D eigenvalue weighted by atomic mass is 32.1. The molecule has 2 heterocycles. The van der Waals surface area contributed by atoms with E-state index in [1.54, 1.807) is 22.7 Å². The van der Waals surface area contributed by atoms with Crippen LogP contribution in [0.2, 0.25) is 0 Å². The fourth-order valence-corrected chi connectivity index (χ4v) is 3.29. The molecule has 5 nitrogen and oxygen atoms in total. The quantitative estimate of drug-likeness (QED) is 0.882. The van der Waals surface area contributed by atoms with Gasteiger partial charge in [-0.1, -0.05) is 11.3 Å². The lowest BCUT2D eigenvalue weighted by molar-refractivity contribution is 0.319. The summed E-state index contributed by atoms with van der Waals surface area (Å²) in [5, 5.41) is 13.4. The first-order chi connectivity index (χ1) is 8.69. The van der Waals surface area contributed by atoms with E-state index in [1.165, 1.54) is 4.88 Å². The SMILES string of the molecule is CCNc1nnc(CN(C)Cc2scnc2C)s1. The van der Waals surface area contributed by atoms with Crippen LogP contribution < -0.4 is 5.32 Å². The molecule has 0 fully saturated rings. The number of hydrogen-bond donors (Lipinski definition) is 1. The van der Waals surface area contributed by atoms with Crippen molar-refractivity contribution in [3.63, 3.8) is 0 Å². The Labute approximate surface area is 115 Å². The Balaban J connectivity index is 1.90. The summed E-state index contributed by atoms with van der Waals surface area (Å²) in [6.07, 6.45) is 0. The maximum atomic E-state index is 4.26. The third-order valence-electron chi connectivity index (χ3n) is 2.46. The Bertz CT molecular complexity index is 493. The minimum absolute atomic E-state index is 0.820. The lowest BCUT2D eigenvalue weighted by Gasteiger charge is -2.13. The summed E-state index contributed by atoms with van der Waals surface area (Å²) in [6, 6.07) is 0. The average Bonchev–Trinajstić information content (AvgIpc) is 2.90. The van der Waals surface area contributed by atoms with Crippen molar-refractivity contribution >= 4 is 27.8 Å². The first kappa shape index (κ1) is 13.4. The van der Waals surface area contributed by atoms with E-state index in [0.717, 1.165) is 35.5 Å². The van der Waals surface area contributed by atoms with E-state index < -0.39 is 0 Å². The standard InChI is InChI=1S/C11H17N5S2/c1-4-12-11-15-14-10(18-11)6-16(3)5-9-8(2)13-7-17-9/h7H,4-6H2,1-3H3,(H,12,15). The predicted octanol–water partition coefficient (Wildman–Crippen LogP) is 2.37. The van der Waals surface area contributed by atoms with E-state index in [9.17, 15) is 0 Å². The molecule has 2 rings (SSSR count). The van der Waals surface area contributed by atoms with Crippen molar-refractivity contribution in [1.29, 1.82) is 0 Å². The first-order valence-corrected chi connectivity index (χ1v) is 7.52. The van der Waals surface area contributed by atoms with Crippen LogP contribution in [0.15, 0.2) is 5.51 Å². The summed E-state index contributed by atoms with van der Waals surface area (Å²) in [5.74, 6) is 0. The van der Waals surface area contributed by atoms with E-state index in [4.69, 9.17) is 0 Å². The Kier molecular flexibility index (Phi) is 4.62. The van der Waals surface area contributed by atoms with Crippen LogP contribution in [-0.2, 0) is 13.1 Å². The molecule has 0 saturated carbocycles. The molecule has 0 bridgehead atoms. The molecule has 98 valence electrons. The molecule has 1 N–H and O–H groups in total. The molecule has 0 aliphatic carbocycles. The Hall–Kier alpha value is -1.05. The van der Waals surface area contributed by atoms with Gasteiger partial charge >= 0.3 is 0 Å². The Morgan fingerprint density at radius 2 is 2.17 bits per heavy atom. The van der Waals surface area contributed by atoms with Gasteiger partial charge in [0.2, 0.25) is 5.13 Å². The number of anilines is 1. The van der Waals surface area contributed by atoms with Gasteiger partial charge in [-0.05, 0) is 20.9 Å². The van der Waals surface area contributed by atoms with Gasteiger partial charge in [0.25, 0.3) is 0 Å². The maximum Gasteiger partial charge on any atom is 0.205 e. The van der Waals surface area contributed by atoms with Gasteiger partial charge in [0.1, 0.15) is 5.01 Å². The number of hydrogen-bond acceptors (Lipinski definition) is 7. The van der Waals surface area contributed by atoms with Crippen molar-refractivity contribution < 1.29 is 0 Å². The van der Waals surface area contributed by atoms with Crippen molar-refractivity contribution in [3.05, 3.63) is 21.1 Å². The highest BCUT2D eigenvalue weighted by Crippen LogP contribution is 2.19. The van der Waals surface area contributed by atoms with Gasteiger partial charge in [0, 0.05) is 18.0 Å². The van der Waals surface area contributed by atoms with Crippen LogP contribution in [0.1, 0.15) is 22.5 Å². The smallest absolute Gasteiger partial charge is 0.205 e. The van der Waals surface area contributed by atoms with Crippen molar-refractivity contribution in [2.24, 2.45) is 0 Å². The molecule has 2 aromatic rings. The lowest BCUT2D eigenvalue weighted by atomic mass is 10.4. The lowest BCUT2D eigenvalue weighted by Crippen LogP contribution is -2.16. The zero-order valence-electron chi connectivity index (χ0n) is 10.8. The molecule has 0 atom stereocenters. The summed E-state index contributed by atoms with van der Waals surface area (Å²) in [7, 11) is 2.09. The van der Waals surface area contributed by atoms with Crippen molar-refractivity contribution in [2.45, 2.75) is 26.9 Å². The number of nitrogens with one attached hydrogen (secondary N) is 1. The van der Waals surface area contributed by atoms with Crippen LogP contribution in [-0.4, -0.2) is 33.7 Å². The second kappa shape index (κ2) is 6.21. The van der Waals surface area contributed by atoms with E-state index in [1.807, 2.05) is 12.4 Å². The summed E-state index contributed by atoms with van der Waals surface area (Å²) in [4.78, 5) is 7.81. The summed E-state index contributed by atoms with van der Waals surface area (Å²) in [5.41, 5.74) is 3.02. The van der Waals surface area contributed by atoms with Crippen molar-refractivity contribution in [2.75, 3.05) is 18.9 Å². The van der Waals surface area contributed by atoms with Crippen LogP contribution in [0.4, 0.5) is 5.13 Å². The van der Waals surface area contributed by atoms with E-state index in [2.05, 4.69) is 39.4 Å². The predicted molar refractivity (Wildman–Crippen MR) is 76.1 cm³/mol. The monoisotopic (exact) mass is 283 g/mol. The summed E-state index contributed by atoms with van der Waals surface area (Å²) < 4.78 is 0. The van der Waals surface area contributed by atoms with Gasteiger partial charge in [-0.25, -0.2) is 4.98 Å². The Morgan fingerprint density at radius 3 is 2.83 bits per heavy atom. The zero-order valence-corrected chi connectivity index (χ0v) is 12.4. The highest BCUT2D eigenvalue weighted by Gasteiger charge is 2.09. The largest absolute Gasteiger partial charge is 0.360 e. The van der Waals surface area contributed by atoms with Crippen molar-refractivity contribution in [3.8, 4) is 0 Å². The van der Waals surface area contributed by atoms with Crippen molar-refractivity contribution in [1.82, 2.24) is 20.1 Å². The highest BCUT2D eigenvalue weighted by molar-refractivity contribution is 7.15. The fraction of sp³-hybridized carbons (Fsp3) is 0.545. The van der Waals surface area contributed by atoms with Gasteiger partial charge in [0.15, 0.2) is 0 Å². The van der Waals surface area contributed by atoms with Gasteiger partial charge in [-0.15, -0.1) is 21.5 Å². The number of rotatable bonds is 6. The number of nitrogens with zero attached hydrogens (tertiary/aromatic N) is 4. The van der Waals surface area contributed by atoms with E-state index in [-0.39, 0.29) is 0 Å². The topological polar surface area (TPSA) is 53.9 Å². The molecule has 18 heavy (non-hydrogen) atoms.